The van der Waals surface area contributed by atoms with Crippen LogP contribution in [-0.2, 0) is 4.79 Å². The van der Waals surface area contributed by atoms with Gasteiger partial charge in [-0.3, -0.25) is 4.79 Å². The van der Waals surface area contributed by atoms with Gasteiger partial charge in [0.1, 0.15) is 11.0 Å². The van der Waals surface area contributed by atoms with Gasteiger partial charge < -0.3 is 9.73 Å². The van der Waals surface area contributed by atoms with Crippen molar-refractivity contribution in [2.24, 2.45) is 0 Å². The summed E-state index contributed by atoms with van der Waals surface area (Å²) in [5.41, 5.74) is 2.83. The Hall–Kier alpha value is -2.49. The molecule has 0 radical (unpaired) electrons. The molecule has 0 saturated heterocycles. The van der Waals surface area contributed by atoms with Crippen molar-refractivity contribution in [1.29, 1.82) is 0 Å². The summed E-state index contributed by atoms with van der Waals surface area (Å²) in [6.07, 6.45) is 0. The highest BCUT2D eigenvalue weighted by Crippen LogP contribution is 2.25. The molecule has 0 atom stereocenters. The number of halogens is 1. The van der Waals surface area contributed by atoms with Gasteiger partial charge in [0.05, 0.1) is 23.2 Å². The van der Waals surface area contributed by atoms with Gasteiger partial charge in [0.25, 0.3) is 5.22 Å². The van der Waals surface area contributed by atoms with Crippen LogP contribution in [0.25, 0.3) is 22.5 Å². The first kappa shape index (κ1) is 17.0. The Labute approximate surface area is 161 Å². The number of anilines is 1. The number of benzene rings is 2. The molecule has 4 rings (SSSR count). The Morgan fingerprint density at radius 2 is 2.00 bits per heavy atom. The SMILES string of the molecule is O=C(CSc1nnc(-c2ccc(Cl)cc2)o1)Nc1cccc2nsnc12. The zero-order chi connectivity index (χ0) is 17.9. The van der Waals surface area contributed by atoms with Crippen molar-refractivity contribution in [2.45, 2.75) is 5.22 Å². The molecule has 0 unspecified atom stereocenters. The fourth-order valence-electron chi connectivity index (χ4n) is 2.20. The number of carbonyl (C=O) groups excluding carboxylic acids is 1. The Kier molecular flexibility index (Phi) is 4.83. The topological polar surface area (TPSA) is 93.8 Å². The molecule has 1 N–H and O–H groups in total. The number of thioether (sulfide) groups is 1. The van der Waals surface area contributed by atoms with E-state index in [9.17, 15) is 4.79 Å². The zero-order valence-corrected chi connectivity index (χ0v) is 15.4. The third kappa shape index (κ3) is 3.69. The van der Waals surface area contributed by atoms with E-state index < -0.39 is 0 Å². The van der Waals surface area contributed by atoms with E-state index in [1.54, 1.807) is 30.3 Å². The molecule has 0 aliphatic heterocycles. The maximum atomic E-state index is 12.2. The molecule has 10 heteroatoms. The van der Waals surface area contributed by atoms with Gasteiger partial charge in [-0.25, -0.2) is 0 Å². The fraction of sp³-hybridized carbons (Fsp3) is 0.0625. The molecule has 2 aromatic heterocycles. The number of amides is 1. The fourth-order valence-corrected chi connectivity index (χ4v) is 3.44. The van der Waals surface area contributed by atoms with Crippen LogP contribution in [0.3, 0.4) is 0 Å². The minimum Gasteiger partial charge on any atom is -0.411 e. The smallest absolute Gasteiger partial charge is 0.277 e. The Morgan fingerprint density at radius 3 is 2.85 bits per heavy atom. The summed E-state index contributed by atoms with van der Waals surface area (Å²) in [7, 11) is 0. The Bertz CT molecular complexity index is 1060. The van der Waals surface area contributed by atoms with E-state index in [-0.39, 0.29) is 11.7 Å². The van der Waals surface area contributed by atoms with Crippen LogP contribution >= 0.6 is 35.1 Å². The summed E-state index contributed by atoms with van der Waals surface area (Å²) in [6.45, 7) is 0. The average Bonchev–Trinajstić information content (AvgIpc) is 3.30. The van der Waals surface area contributed by atoms with Gasteiger partial charge in [0, 0.05) is 10.6 Å². The van der Waals surface area contributed by atoms with Crippen LogP contribution in [0.5, 0.6) is 0 Å². The standard InChI is InChI=1S/C16H10ClN5O2S2/c17-10-6-4-9(5-7-10)15-19-20-16(24-15)25-8-13(23)18-11-2-1-3-12-14(11)22-26-21-12/h1-7H,8H2,(H,18,23). The Morgan fingerprint density at radius 1 is 1.15 bits per heavy atom. The van der Waals surface area contributed by atoms with E-state index in [4.69, 9.17) is 16.0 Å². The lowest BCUT2D eigenvalue weighted by Crippen LogP contribution is -2.14. The predicted molar refractivity (Wildman–Crippen MR) is 102 cm³/mol. The van der Waals surface area contributed by atoms with Crippen molar-refractivity contribution >= 4 is 57.7 Å². The van der Waals surface area contributed by atoms with E-state index in [0.29, 0.717) is 27.3 Å². The summed E-state index contributed by atoms with van der Waals surface area (Å²) >= 11 is 8.13. The first-order chi connectivity index (χ1) is 12.7. The lowest BCUT2D eigenvalue weighted by Gasteiger charge is -2.04. The quantitative estimate of drug-likeness (QED) is 0.500. The molecule has 130 valence electrons. The van der Waals surface area contributed by atoms with Crippen LogP contribution in [0.4, 0.5) is 5.69 Å². The monoisotopic (exact) mass is 403 g/mol. The number of hydrogen-bond donors (Lipinski definition) is 1. The van der Waals surface area contributed by atoms with E-state index in [1.165, 1.54) is 0 Å². The van der Waals surface area contributed by atoms with Gasteiger partial charge >= 0.3 is 0 Å². The number of rotatable bonds is 5. The minimum absolute atomic E-state index is 0.135. The summed E-state index contributed by atoms with van der Waals surface area (Å²) in [5.74, 6) is 0.320. The largest absolute Gasteiger partial charge is 0.411 e. The average molecular weight is 404 g/mol. The lowest BCUT2D eigenvalue weighted by molar-refractivity contribution is -0.113. The van der Waals surface area contributed by atoms with Crippen molar-refractivity contribution in [1.82, 2.24) is 18.9 Å². The number of nitrogens with zero attached hydrogens (tertiary/aromatic N) is 4. The second kappa shape index (κ2) is 7.40. The molecule has 0 spiro atoms. The molecule has 0 aliphatic rings. The van der Waals surface area contributed by atoms with Crippen LogP contribution in [0.15, 0.2) is 52.1 Å². The van der Waals surface area contributed by atoms with Crippen LogP contribution < -0.4 is 5.32 Å². The highest BCUT2D eigenvalue weighted by molar-refractivity contribution is 7.99. The van der Waals surface area contributed by atoms with Crippen LogP contribution in [-0.4, -0.2) is 30.6 Å². The number of fused-ring (bicyclic) bond motifs is 1. The third-order valence-electron chi connectivity index (χ3n) is 3.38. The number of carbonyl (C=O) groups is 1. The zero-order valence-electron chi connectivity index (χ0n) is 13.0. The van der Waals surface area contributed by atoms with Gasteiger partial charge in [0.2, 0.25) is 11.8 Å². The van der Waals surface area contributed by atoms with Crippen molar-refractivity contribution in [3.05, 3.63) is 47.5 Å². The maximum Gasteiger partial charge on any atom is 0.277 e. The van der Waals surface area contributed by atoms with Crippen LogP contribution in [0.1, 0.15) is 0 Å². The number of nitrogens with one attached hydrogen (secondary N) is 1. The lowest BCUT2D eigenvalue weighted by atomic mass is 10.2. The van der Waals surface area contributed by atoms with Gasteiger partial charge in [-0.1, -0.05) is 29.4 Å². The summed E-state index contributed by atoms with van der Waals surface area (Å²) in [5, 5.41) is 11.7. The second-order valence-corrected chi connectivity index (χ2v) is 7.05. The van der Waals surface area contributed by atoms with Crippen molar-refractivity contribution in [2.75, 3.05) is 11.1 Å². The number of hydrogen-bond acceptors (Lipinski definition) is 8. The van der Waals surface area contributed by atoms with Crippen LogP contribution in [0.2, 0.25) is 5.02 Å². The molecule has 1 amide bonds. The molecule has 26 heavy (non-hydrogen) atoms. The molecular weight excluding hydrogens is 394 g/mol. The van der Waals surface area contributed by atoms with Crippen molar-refractivity contribution in [3.8, 4) is 11.5 Å². The minimum atomic E-state index is -0.193. The summed E-state index contributed by atoms with van der Waals surface area (Å²) < 4.78 is 13.9. The van der Waals surface area contributed by atoms with Crippen LogP contribution in [0, 0.1) is 0 Å². The first-order valence-corrected chi connectivity index (χ1v) is 9.52. The summed E-state index contributed by atoms with van der Waals surface area (Å²) in [6, 6.07) is 12.5. The molecule has 0 fully saturated rings. The van der Waals surface area contributed by atoms with E-state index in [1.807, 2.05) is 12.1 Å². The second-order valence-electron chi connectivity index (χ2n) is 5.15. The molecule has 2 heterocycles. The van der Waals surface area contributed by atoms with Gasteiger partial charge in [0.15, 0.2) is 0 Å². The molecule has 7 nitrogen and oxygen atoms in total. The Balaban J connectivity index is 1.39. The summed E-state index contributed by atoms with van der Waals surface area (Å²) in [4.78, 5) is 12.2. The highest BCUT2D eigenvalue weighted by atomic mass is 35.5. The maximum absolute atomic E-state index is 12.2. The highest BCUT2D eigenvalue weighted by Gasteiger charge is 2.13. The molecule has 4 aromatic rings. The van der Waals surface area contributed by atoms with Crippen molar-refractivity contribution in [3.63, 3.8) is 0 Å². The molecule has 0 aliphatic carbocycles. The molecular formula is C16H10ClN5O2S2. The molecule has 2 aromatic carbocycles. The third-order valence-corrected chi connectivity index (χ3v) is 5.00. The number of aromatic nitrogens is 4. The van der Waals surface area contributed by atoms with E-state index in [0.717, 1.165) is 34.6 Å². The molecule has 0 saturated carbocycles. The predicted octanol–water partition coefficient (Wildman–Crippen LogP) is 4.13. The molecule has 0 bridgehead atoms. The normalized spacial score (nSPS) is 11.0. The first-order valence-electron chi connectivity index (χ1n) is 7.42. The van der Waals surface area contributed by atoms with E-state index in [2.05, 4.69) is 24.3 Å². The van der Waals surface area contributed by atoms with Gasteiger partial charge in [-0.05, 0) is 36.4 Å². The van der Waals surface area contributed by atoms with Gasteiger partial charge in [-0.2, -0.15) is 8.75 Å². The van der Waals surface area contributed by atoms with E-state index >= 15 is 0 Å². The van der Waals surface area contributed by atoms with Gasteiger partial charge in [-0.15, -0.1) is 10.2 Å². The van der Waals surface area contributed by atoms with Crippen molar-refractivity contribution < 1.29 is 9.21 Å².